The van der Waals surface area contributed by atoms with Gasteiger partial charge in [0.15, 0.2) is 11.2 Å². The van der Waals surface area contributed by atoms with E-state index >= 15 is 0 Å². The van der Waals surface area contributed by atoms with Crippen molar-refractivity contribution in [3.8, 4) is 0 Å². The number of piperazine rings is 1. The zero-order valence-corrected chi connectivity index (χ0v) is 14.1. The summed E-state index contributed by atoms with van der Waals surface area (Å²) in [5.41, 5.74) is 0.276. The highest BCUT2D eigenvalue weighted by molar-refractivity contribution is 5.93. The predicted molar refractivity (Wildman–Crippen MR) is 93.8 cm³/mol. The van der Waals surface area contributed by atoms with Crippen LogP contribution in [0.4, 0.5) is 0 Å². The summed E-state index contributed by atoms with van der Waals surface area (Å²) in [5.74, 6) is -0.0871. The SMILES string of the molecule is O=C(c1cc(=O)c2ccccc2o1)N1CCN(CC2CCCO2)CC1. The first kappa shape index (κ1) is 16.3. The van der Waals surface area contributed by atoms with E-state index in [1.807, 2.05) is 0 Å². The standard InChI is InChI=1S/C19H22N2O4/c22-16-12-18(25-17-6-2-1-5-15(16)17)19(23)21-9-7-20(8-10-21)13-14-4-3-11-24-14/h1-2,5-6,12,14H,3-4,7-11,13H2. The zero-order valence-electron chi connectivity index (χ0n) is 14.1. The van der Waals surface area contributed by atoms with Gasteiger partial charge in [-0.1, -0.05) is 12.1 Å². The summed E-state index contributed by atoms with van der Waals surface area (Å²) >= 11 is 0. The van der Waals surface area contributed by atoms with E-state index in [-0.39, 0.29) is 17.1 Å². The van der Waals surface area contributed by atoms with Crippen molar-refractivity contribution in [2.24, 2.45) is 0 Å². The zero-order chi connectivity index (χ0) is 17.2. The number of carbonyl (C=O) groups excluding carboxylic acids is 1. The van der Waals surface area contributed by atoms with E-state index < -0.39 is 0 Å². The third-order valence-electron chi connectivity index (χ3n) is 4.99. The number of carbonyl (C=O) groups is 1. The first-order valence-corrected chi connectivity index (χ1v) is 8.87. The van der Waals surface area contributed by atoms with Crippen molar-refractivity contribution in [1.29, 1.82) is 0 Å². The molecule has 3 heterocycles. The fourth-order valence-electron chi connectivity index (χ4n) is 3.58. The molecule has 6 nitrogen and oxygen atoms in total. The smallest absolute Gasteiger partial charge is 0.289 e. The molecule has 4 rings (SSSR count). The second kappa shape index (κ2) is 6.98. The Morgan fingerprint density at radius 1 is 1.16 bits per heavy atom. The fourth-order valence-corrected chi connectivity index (χ4v) is 3.58. The van der Waals surface area contributed by atoms with Crippen molar-refractivity contribution in [2.45, 2.75) is 18.9 Å². The molecule has 132 valence electrons. The Morgan fingerprint density at radius 3 is 2.72 bits per heavy atom. The molecule has 0 saturated carbocycles. The maximum atomic E-state index is 12.7. The Morgan fingerprint density at radius 2 is 1.96 bits per heavy atom. The van der Waals surface area contributed by atoms with E-state index in [4.69, 9.17) is 9.15 Å². The van der Waals surface area contributed by atoms with Gasteiger partial charge in [0.25, 0.3) is 5.91 Å². The van der Waals surface area contributed by atoms with Gasteiger partial charge < -0.3 is 14.1 Å². The Bertz CT molecular complexity index is 818. The molecule has 1 atom stereocenters. The van der Waals surface area contributed by atoms with E-state index in [9.17, 15) is 9.59 Å². The van der Waals surface area contributed by atoms with Crippen LogP contribution >= 0.6 is 0 Å². The van der Waals surface area contributed by atoms with Crippen LogP contribution in [0.5, 0.6) is 0 Å². The molecule has 25 heavy (non-hydrogen) atoms. The third kappa shape index (κ3) is 3.45. The second-order valence-corrected chi connectivity index (χ2v) is 6.70. The van der Waals surface area contributed by atoms with Crippen LogP contribution in [0.15, 0.2) is 39.5 Å². The highest BCUT2D eigenvalue weighted by Gasteiger charge is 2.26. The van der Waals surface area contributed by atoms with E-state index in [2.05, 4.69) is 4.90 Å². The maximum Gasteiger partial charge on any atom is 0.289 e. The number of para-hydroxylation sites is 1. The molecule has 2 fully saturated rings. The molecule has 0 bridgehead atoms. The molecule has 1 amide bonds. The number of ether oxygens (including phenoxy) is 1. The molecule has 0 radical (unpaired) electrons. The molecular formula is C19H22N2O4. The summed E-state index contributed by atoms with van der Waals surface area (Å²) in [6.07, 6.45) is 2.60. The van der Waals surface area contributed by atoms with Gasteiger partial charge in [0.1, 0.15) is 5.58 Å². The van der Waals surface area contributed by atoms with Crippen LogP contribution < -0.4 is 5.43 Å². The molecule has 1 unspecified atom stereocenters. The van der Waals surface area contributed by atoms with Gasteiger partial charge in [0.2, 0.25) is 0 Å². The molecule has 1 aromatic carbocycles. The topological polar surface area (TPSA) is 63.0 Å². The molecule has 6 heteroatoms. The van der Waals surface area contributed by atoms with Gasteiger partial charge in [0.05, 0.1) is 11.5 Å². The molecule has 0 spiro atoms. The molecule has 1 aromatic heterocycles. The van der Waals surface area contributed by atoms with Crippen molar-refractivity contribution >= 4 is 16.9 Å². The fraction of sp³-hybridized carbons (Fsp3) is 0.474. The van der Waals surface area contributed by atoms with Crippen LogP contribution in [0.3, 0.4) is 0 Å². The number of rotatable bonds is 3. The summed E-state index contributed by atoms with van der Waals surface area (Å²) in [6.45, 7) is 4.73. The molecule has 2 aliphatic heterocycles. The highest BCUT2D eigenvalue weighted by Crippen LogP contribution is 2.17. The lowest BCUT2D eigenvalue weighted by Gasteiger charge is -2.35. The van der Waals surface area contributed by atoms with Crippen LogP contribution in [0, 0.1) is 0 Å². The normalized spacial score (nSPS) is 21.8. The van der Waals surface area contributed by atoms with E-state index in [1.54, 1.807) is 29.2 Å². The lowest BCUT2D eigenvalue weighted by molar-refractivity contribution is 0.0417. The van der Waals surface area contributed by atoms with Crippen molar-refractivity contribution in [3.63, 3.8) is 0 Å². The maximum absolute atomic E-state index is 12.7. The number of benzene rings is 1. The van der Waals surface area contributed by atoms with Crippen molar-refractivity contribution < 1.29 is 13.9 Å². The summed E-state index contributed by atoms with van der Waals surface area (Å²) in [7, 11) is 0. The minimum absolute atomic E-state index is 0.122. The van der Waals surface area contributed by atoms with Gasteiger partial charge >= 0.3 is 0 Å². The summed E-state index contributed by atoms with van der Waals surface area (Å²) in [5, 5.41) is 0.500. The highest BCUT2D eigenvalue weighted by atomic mass is 16.5. The van der Waals surface area contributed by atoms with Gasteiger partial charge in [-0.2, -0.15) is 0 Å². The van der Waals surface area contributed by atoms with E-state index in [0.717, 1.165) is 39.1 Å². The molecule has 2 aliphatic rings. The quantitative estimate of drug-likeness (QED) is 0.850. The lowest BCUT2D eigenvalue weighted by atomic mass is 10.2. The Kier molecular flexibility index (Phi) is 4.55. The predicted octanol–water partition coefficient (Wildman–Crippen LogP) is 1.73. The van der Waals surface area contributed by atoms with Gasteiger partial charge in [-0.05, 0) is 25.0 Å². The molecule has 0 N–H and O–H groups in total. The first-order valence-electron chi connectivity index (χ1n) is 8.87. The average molecular weight is 342 g/mol. The van der Waals surface area contributed by atoms with Gasteiger partial charge in [0, 0.05) is 45.4 Å². The van der Waals surface area contributed by atoms with Crippen LogP contribution in [-0.2, 0) is 4.74 Å². The van der Waals surface area contributed by atoms with Crippen LogP contribution in [0.25, 0.3) is 11.0 Å². The molecular weight excluding hydrogens is 320 g/mol. The number of fused-ring (bicyclic) bond motifs is 1. The van der Waals surface area contributed by atoms with Gasteiger partial charge in [-0.3, -0.25) is 14.5 Å². The van der Waals surface area contributed by atoms with Crippen LogP contribution in [0.1, 0.15) is 23.4 Å². The Balaban J connectivity index is 1.42. The van der Waals surface area contributed by atoms with Crippen molar-refractivity contribution in [3.05, 3.63) is 46.3 Å². The van der Waals surface area contributed by atoms with E-state index in [1.165, 1.54) is 6.07 Å². The number of hydrogen-bond donors (Lipinski definition) is 0. The number of hydrogen-bond acceptors (Lipinski definition) is 5. The van der Waals surface area contributed by atoms with Gasteiger partial charge in [-0.15, -0.1) is 0 Å². The van der Waals surface area contributed by atoms with Crippen LogP contribution in [0.2, 0.25) is 0 Å². The largest absolute Gasteiger partial charge is 0.451 e. The number of amides is 1. The number of nitrogens with zero attached hydrogens (tertiary/aromatic N) is 2. The first-order chi connectivity index (χ1) is 12.2. The summed E-state index contributed by atoms with van der Waals surface area (Å²) in [4.78, 5) is 29.0. The van der Waals surface area contributed by atoms with Crippen molar-refractivity contribution in [2.75, 3.05) is 39.3 Å². The minimum Gasteiger partial charge on any atom is -0.451 e. The van der Waals surface area contributed by atoms with E-state index in [0.29, 0.717) is 30.2 Å². The summed E-state index contributed by atoms with van der Waals surface area (Å²) < 4.78 is 11.3. The minimum atomic E-state index is -0.209. The Hall–Kier alpha value is -2.18. The van der Waals surface area contributed by atoms with Gasteiger partial charge in [-0.25, -0.2) is 0 Å². The summed E-state index contributed by atoms with van der Waals surface area (Å²) in [6, 6.07) is 8.31. The monoisotopic (exact) mass is 342 g/mol. The third-order valence-corrected chi connectivity index (χ3v) is 4.99. The van der Waals surface area contributed by atoms with Crippen molar-refractivity contribution in [1.82, 2.24) is 9.80 Å². The average Bonchev–Trinajstić information content (AvgIpc) is 3.15. The molecule has 2 saturated heterocycles. The molecule has 0 aliphatic carbocycles. The second-order valence-electron chi connectivity index (χ2n) is 6.70. The Labute approximate surface area is 146 Å². The molecule has 2 aromatic rings. The lowest BCUT2D eigenvalue weighted by Crippen LogP contribution is -2.50. The van der Waals surface area contributed by atoms with Crippen LogP contribution in [-0.4, -0.2) is 61.1 Å².